The van der Waals surface area contributed by atoms with Crippen molar-refractivity contribution in [2.45, 2.75) is 19.9 Å². The van der Waals surface area contributed by atoms with Crippen molar-refractivity contribution in [1.82, 2.24) is 0 Å². The van der Waals surface area contributed by atoms with E-state index in [1.54, 1.807) is 44.2 Å². The number of benzene rings is 2. The number of rotatable bonds is 5. The number of anilines is 1. The van der Waals surface area contributed by atoms with E-state index in [4.69, 9.17) is 23.2 Å². The summed E-state index contributed by atoms with van der Waals surface area (Å²) in [6.07, 6.45) is 0. The zero-order chi connectivity index (χ0) is 21.3. The number of aromatic carboxylic acids is 1. The molecule has 29 heavy (non-hydrogen) atoms. The van der Waals surface area contributed by atoms with Crippen molar-refractivity contribution in [2.75, 3.05) is 4.90 Å². The van der Waals surface area contributed by atoms with Gasteiger partial charge in [0, 0.05) is 11.1 Å². The highest BCUT2D eigenvalue weighted by Crippen LogP contribution is 2.42. The maximum absolute atomic E-state index is 15.5. The molecule has 0 radical (unpaired) electrons. The number of hydrogen-bond acceptors (Lipinski definition) is 3. The van der Waals surface area contributed by atoms with Gasteiger partial charge in [0.25, 0.3) is 5.91 Å². The third kappa shape index (κ3) is 4.15. The van der Waals surface area contributed by atoms with Gasteiger partial charge in [0.1, 0.15) is 10.6 Å². The van der Waals surface area contributed by atoms with Gasteiger partial charge in [-0.25, -0.2) is 9.18 Å². The number of nitrogens with zero attached hydrogens (tertiary/aromatic N) is 1. The number of hydrogen-bond donors (Lipinski definition) is 1. The van der Waals surface area contributed by atoms with Crippen LogP contribution in [0.5, 0.6) is 0 Å². The molecule has 0 saturated heterocycles. The first-order chi connectivity index (χ1) is 13.7. The molecule has 4 nitrogen and oxygen atoms in total. The normalized spacial score (nSPS) is 11.0. The van der Waals surface area contributed by atoms with Crippen LogP contribution < -0.4 is 4.90 Å². The molecule has 2 aromatic carbocycles. The fourth-order valence-corrected chi connectivity index (χ4v) is 4.43. The van der Waals surface area contributed by atoms with E-state index in [2.05, 4.69) is 0 Å². The Labute approximate surface area is 181 Å². The van der Waals surface area contributed by atoms with E-state index in [-0.39, 0.29) is 26.0 Å². The smallest absolute Gasteiger partial charge is 0.348 e. The highest BCUT2D eigenvalue weighted by Gasteiger charge is 2.33. The molecule has 1 heterocycles. The zero-order valence-corrected chi connectivity index (χ0v) is 17.8. The van der Waals surface area contributed by atoms with Gasteiger partial charge in [-0.1, -0.05) is 53.5 Å². The molecule has 1 N–H and O–H groups in total. The van der Waals surface area contributed by atoms with Crippen LogP contribution in [-0.4, -0.2) is 23.0 Å². The lowest BCUT2D eigenvalue weighted by atomic mass is 10.1. The molecule has 8 heteroatoms. The third-order valence-electron chi connectivity index (χ3n) is 4.19. The van der Waals surface area contributed by atoms with E-state index >= 15 is 4.39 Å². The summed E-state index contributed by atoms with van der Waals surface area (Å²) < 4.78 is 15.5. The minimum atomic E-state index is -1.31. The Morgan fingerprint density at radius 3 is 2.31 bits per heavy atom. The minimum Gasteiger partial charge on any atom is -0.477 e. The van der Waals surface area contributed by atoms with E-state index in [0.29, 0.717) is 10.6 Å². The summed E-state index contributed by atoms with van der Waals surface area (Å²) in [6.45, 7) is 3.35. The second-order valence-electron chi connectivity index (χ2n) is 6.49. The molecule has 0 aliphatic carbocycles. The molecule has 0 aliphatic heterocycles. The average molecular weight is 452 g/mol. The van der Waals surface area contributed by atoms with Gasteiger partial charge >= 0.3 is 5.97 Å². The number of halogens is 3. The van der Waals surface area contributed by atoms with Gasteiger partial charge in [0.05, 0.1) is 15.5 Å². The van der Waals surface area contributed by atoms with Gasteiger partial charge in [-0.3, -0.25) is 4.79 Å². The Morgan fingerprint density at radius 1 is 1.10 bits per heavy atom. The monoisotopic (exact) mass is 451 g/mol. The van der Waals surface area contributed by atoms with E-state index in [1.807, 2.05) is 0 Å². The summed E-state index contributed by atoms with van der Waals surface area (Å²) in [7, 11) is 0. The first-order valence-electron chi connectivity index (χ1n) is 8.62. The van der Waals surface area contributed by atoms with Crippen molar-refractivity contribution in [3.63, 3.8) is 0 Å². The van der Waals surface area contributed by atoms with Gasteiger partial charge in [-0.15, -0.1) is 11.3 Å². The second-order valence-corrected chi connectivity index (χ2v) is 8.35. The maximum atomic E-state index is 15.5. The van der Waals surface area contributed by atoms with Crippen LogP contribution in [0.4, 0.5) is 10.1 Å². The van der Waals surface area contributed by atoms with Crippen molar-refractivity contribution in [3.05, 3.63) is 74.8 Å². The van der Waals surface area contributed by atoms with Gasteiger partial charge in [0.15, 0.2) is 5.82 Å². The molecular formula is C21H16Cl2FNO3S. The van der Waals surface area contributed by atoms with Crippen LogP contribution in [0.2, 0.25) is 10.0 Å². The molecule has 0 spiro atoms. The van der Waals surface area contributed by atoms with E-state index in [1.165, 1.54) is 18.2 Å². The van der Waals surface area contributed by atoms with Gasteiger partial charge in [0.2, 0.25) is 0 Å². The van der Waals surface area contributed by atoms with E-state index < -0.39 is 23.7 Å². The van der Waals surface area contributed by atoms with Crippen LogP contribution in [-0.2, 0) is 0 Å². The summed E-state index contributed by atoms with van der Waals surface area (Å²) in [6, 6.07) is 12.4. The van der Waals surface area contributed by atoms with Crippen molar-refractivity contribution >= 4 is 52.1 Å². The fraction of sp³-hybridized carbons (Fsp3) is 0.143. The topological polar surface area (TPSA) is 57.6 Å². The Balaban J connectivity index is 2.20. The molecule has 1 amide bonds. The fourth-order valence-electron chi connectivity index (χ4n) is 2.92. The molecule has 0 aliphatic rings. The number of thiophene rings is 1. The van der Waals surface area contributed by atoms with Gasteiger partial charge in [-0.05, 0) is 37.6 Å². The average Bonchev–Trinajstić information content (AvgIpc) is 3.00. The van der Waals surface area contributed by atoms with Crippen LogP contribution in [0.3, 0.4) is 0 Å². The van der Waals surface area contributed by atoms with Crippen molar-refractivity contribution in [2.24, 2.45) is 0 Å². The standard InChI is InChI=1S/C21H16Cl2FNO3S/c1-11(2)25(20(26)14-9-8-13(22)10-15(14)23)17-16(24)18(29-19(17)21(27)28)12-6-4-3-5-7-12/h3-11H,1-2H3,(H,27,28). The summed E-state index contributed by atoms with van der Waals surface area (Å²) >= 11 is 12.9. The molecule has 0 saturated carbocycles. The molecule has 3 rings (SSSR count). The minimum absolute atomic E-state index is 0.101. The van der Waals surface area contributed by atoms with Crippen LogP contribution in [0.15, 0.2) is 48.5 Å². The lowest BCUT2D eigenvalue weighted by molar-refractivity contribution is 0.0702. The second kappa shape index (κ2) is 8.53. The molecule has 0 bridgehead atoms. The Bertz CT molecular complexity index is 1080. The number of carbonyl (C=O) groups excluding carboxylic acids is 1. The van der Waals surface area contributed by atoms with Crippen molar-refractivity contribution < 1.29 is 19.1 Å². The SMILES string of the molecule is CC(C)N(C(=O)c1ccc(Cl)cc1Cl)c1c(C(=O)O)sc(-c2ccccc2)c1F. The highest BCUT2D eigenvalue weighted by molar-refractivity contribution is 7.18. The maximum Gasteiger partial charge on any atom is 0.348 e. The molecule has 0 atom stereocenters. The van der Waals surface area contributed by atoms with Crippen molar-refractivity contribution in [1.29, 1.82) is 0 Å². The lowest BCUT2D eigenvalue weighted by Crippen LogP contribution is -2.38. The van der Waals surface area contributed by atoms with Crippen LogP contribution >= 0.6 is 34.5 Å². The molecular weight excluding hydrogens is 436 g/mol. The highest BCUT2D eigenvalue weighted by atomic mass is 35.5. The number of amides is 1. The van der Waals surface area contributed by atoms with Crippen molar-refractivity contribution in [3.8, 4) is 10.4 Å². The molecule has 0 unspecified atom stereocenters. The number of carboxylic acid groups (broad SMARTS) is 1. The summed E-state index contributed by atoms with van der Waals surface area (Å²) in [5, 5.41) is 10.1. The molecule has 1 aromatic heterocycles. The first kappa shape index (κ1) is 21.3. The third-order valence-corrected chi connectivity index (χ3v) is 5.93. The zero-order valence-electron chi connectivity index (χ0n) is 15.4. The summed E-state index contributed by atoms with van der Waals surface area (Å²) in [5.41, 5.74) is 0.366. The van der Waals surface area contributed by atoms with Gasteiger partial charge < -0.3 is 10.0 Å². The summed E-state index contributed by atoms with van der Waals surface area (Å²) in [5.74, 6) is -2.68. The number of carbonyl (C=O) groups is 2. The summed E-state index contributed by atoms with van der Waals surface area (Å²) in [4.78, 5) is 26.1. The predicted octanol–water partition coefficient (Wildman–Crippen LogP) is 6.61. The Kier molecular flexibility index (Phi) is 6.27. The largest absolute Gasteiger partial charge is 0.477 e. The quantitative estimate of drug-likeness (QED) is 0.474. The van der Waals surface area contributed by atoms with Crippen LogP contribution in [0.25, 0.3) is 10.4 Å². The Hall–Kier alpha value is -2.41. The molecule has 3 aromatic rings. The van der Waals surface area contributed by atoms with Gasteiger partial charge in [-0.2, -0.15) is 0 Å². The van der Waals surface area contributed by atoms with E-state index in [0.717, 1.165) is 16.2 Å². The molecule has 0 fully saturated rings. The lowest BCUT2D eigenvalue weighted by Gasteiger charge is -2.27. The predicted molar refractivity (Wildman–Crippen MR) is 115 cm³/mol. The first-order valence-corrected chi connectivity index (χ1v) is 10.2. The Morgan fingerprint density at radius 2 is 1.76 bits per heavy atom. The molecule has 150 valence electrons. The van der Waals surface area contributed by atoms with E-state index in [9.17, 15) is 14.7 Å². The van der Waals surface area contributed by atoms with Crippen LogP contribution in [0.1, 0.15) is 33.9 Å². The number of carboxylic acids is 1. The van der Waals surface area contributed by atoms with Crippen LogP contribution in [0, 0.1) is 5.82 Å².